The van der Waals surface area contributed by atoms with Gasteiger partial charge in [-0.2, -0.15) is 0 Å². The van der Waals surface area contributed by atoms with Gasteiger partial charge in [-0.15, -0.1) is 0 Å². The standard InChI is InChI=1S/C35H30N2O5/c1-37-14-12-21-17-29-30-19-25(21)27(37)16-23-5-4-6-28(38-2)33(23)40-24-9-7-20(8-10-24)15-26-32-22(11-13-36-26)18-31(39-3)34(41-29)35(32)42-30/h4-11,13,17-19,27H,12,14-16H2,1-3H3. The third-order valence-corrected chi connectivity index (χ3v) is 8.69. The van der Waals surface area contributed by atoms with Crippen molar-refractivity contribution < 1.29 is 23.7 Å². The Labute approximate surface area is 244 Å². The fourth-order valence-corrected chi connectivity index (χ4v) is 6.49. The number of nitrogens with zero attached hydrogens (tertiary/aromatic N) is 2. The monoisotopic (exact) mass is 558 g/mol. The summed E-state index contributed by atoms with van der Waals surface area (Å²) in [6.07, 6.45) is 4.11. The minimum absolute atomic E-state index is 0.107. The van der Waals surface area contributed by atoms with Gasteiger partial charge >= 0.3 is 0 Å². The van der Waals surface area contributed by atoms with Crippen LogP contribution >= 0.6 is 0 Å². The summed E-state index contributed by atoms with van der Waals surface area (Å²) in [7, 11) is 5.52. The highest BCUT2D eigenvalue weighted by Gasteiger charge is 2.33. The van der Waals surface area contributed by atoms with Crippen LogP contribution in [0.25, 0.3) is 10.8 Å². The van der Waals surface area contributed by atoms with E-state index in [0.717, 1.165) is 58.5 Å². The van der Waals surface area contributed by atoms with Crippen LogP contribution in [0.5, 0.6) is 46.0 Å². The zero-order chi connectivity index (χ0) is 28.4. The minimum atomic E-state index is 0.107. The second-order valence-electron chi connectivity index (χ2n) is 11.1. The Kier molecular flexibility index (Phi) is 5.76. The summed E-state index contributed by atoms with van der Waals surface area (Å²) >= 11 is 0. The fourth-order valence-electron chi connectivity index (χ4n) is 6.49. The molecule has 5 aromatic rings. The van der Waals surface area contributed by atoms with Crippen LogP contribution in [-0.2, 0) is 19.3 Å². The molecule has 0 fully saturated rings. The van der Waals surface area contributed by atoms with Gasteiger partial charge in [0.05, 0.1) is 25.3 Å². The smallest absolute Gasteiger partial charge is 0.212 e. The Morgan fingerprint density at radius 2 is 1.62 bits per heavy atom. The average molecular weight is 559 g/mol. The van der Waals surface area contributed by atoms with Gasteiger partial charge in [0.1, 0.15) is 5.75 Å². The van der Waals surface area contributed by atoms with Crippen molar-refractivity contribution in [3.8, 4) is 46.0 Å². The SMILES string of the molecule is COc1cccc2c1Oc1ccc(cc1)Cc1nccc3cc(OC)c4c(c13)Oc1cc3c(cc1O4)CCN(C)C3C2. The summed E-state index contributed by atoms with van der Waals surface area (Å²) in [5.74, 6) is 5.46. The topological polar surface area (TPSA) is 62.3 Å². The van der Waals surface area contributed by atoms with Gasteiger partial charge in [0.25, 0.3) is 0 Å². The number of para-hydroxylation sites is 1. The second-order valence-corrected chi connectivity index (χ2v) is 11.1. The maximum atomic E-state index is 6.77. The Hall–Kier alpha value is -4.75. The van der Waals surface area contributed by atoms with Crippen LogP contribution in [0.1, 0.15) is 34.0 Å². The van der Waals surface area contributed by atoms with Crippen molar-refractivity contribution in [2.24, 2.45) is 0 Å². The number of hydrogen-bond acceptors (Lipinski definition) is 7. The van der Waals surface area contributed by atoms with Gasteiger partial charge < -0.3 is 23.7 Å². The maximum absolute atomic E-state index is 6.77. The predicted octanol–water partition coefficient (Wildman–Crippen LogP) is 7.62. The molecule has 210 valence electrons. The number of methoxy groups -OCH3 is 2. The molecule has 4 aromatic carbocycles. The molecule has 0 radical (unpaired) electrons. The number of rotatable bonds is 2. The van der Waals surface area contributed by atoms with E-state index in [9.17, 15) is 0 Å². The van der Waals surface area contributed by atoms with Crippen LogP contribution in [0.15, 0.2) is 72.9 Å². The molecule has 4 aliphatic rings. The van der Waals surface area contributed by atoms with Crippen molar-refractivity contribution in [1.82, 2.24) is 9.88 Å². The van der Waals surface area contributed by atoms with Crippen molar-refractivity contribution in [2.45, 2.75) is 25.3 Å². The molecule has 42 heavy (non-hydrogen) atoms. The van der Waals surface area contributed by atoms with Crippen LogP contribution in [0.2, 0.25) is 0 Å². The van der Waals surface area contributed by atoms with E-state index in [-0.39, 0.29) is 6.04 Å². The van der Waals surface area contributed by atoms with Crippen molar-refractivity contribution >= 4 is 10.8 Å². The third kappa shape index (κ3) is 3.96. The van der Waals surface area contributed by atoms with Gasteiger partial charge in [0, 0.05) is 30.8 Å². The second kappa shape index (κ2) is 9.67. The molecule has 7 heteroatoms. The quantitative estimate of drug-likeness (QED) is 0.217. The number of likely N-dealkylation sites (N-methyl/N-ethyl adjacent to an activating group) is 1. The molecular weight excluding hydrogens is 528 g/mol. The van der Waals surface area contributed by atoms with Gasteiger partial charge in [0.2, 0.25) is 5.75 Å². The molecule has 0 N–H and O–H groups in total. The fraction of sp³-hybridized carbons (Fsp3) is 0.229. The van der Waals surface area contributed by atoms with E-state index < -0.39 is 0 Å². The van der Waals surface area contributed by atoms with Gasteiger partial charge in [-0.05, 0) is 84.4 Å². The molecule has 1 atom stereocenters. The lowest BCUT2D eigenvalue weighted by Crippen LogP contribution is -2.33. The molecule has 0 spiro atoms. The van der Waals surface area contributed by atoms with Gasteiger partial charge in [-0.3, -0.25) is 9.88 Å². The van der Waals surface area contributed by atoms with E-state index in [2.05, 4.69) is 42.3 Å². The largest absolute Gasteiger partial charge is 0.493 e. The zero-order valence-electron chi connectivity index (χ0n) is 23.8. The molecule has 0 aliphatic carbocycles. The lowest BCUT2D eigenvalue weighted by molar-refractivity contribution is 0.226. The average Bonchev–Trinajstić information content (AvgIpc) is 3.01. The van der Waals surface area contributed by atoms with E-state index in [1.165, 1.54) is 11.1 Å². The Bertz CT molecular complexity index is 1870. The number of fused-ring (bicyclic) bond motifs is 2. The normalized spacial score (nSPS) is 16.8. The summed E-state index contributed by atoms with van der Waals surface area (Å²) in [6, 6.07) is 22.7. The van der Waals surface area contributed by atoms with Crippen molar-refractivity contribution in [2.75, 3.05) is 27.8 Å². The van der Waals surface area contributed by atoms with Crippen molar-refractivity contribution in [3.63, 3.8) is 0 Å². The van der Waals surface area contributed by atoms with Crippen LogP contribution < -0.4 is 23.7 Å². The highest BCUT2D eigenvalue weighted by atomic mass is 16.6. The van der Waals surface area contributed by atoms with Crippen LogP contribution in [0.3, 0.4) is 0 Å². The van der Waals surface area contributed by atoms with E-state index >= 15 is 0 Å². The summed E-state index contributed by atoms with van der Waals surface area (Å²) in [4.78, 5) is 7.21. The number of benzene rings is 4. The number of hydrogen-bond donors (Lipinski definition) is 0. The number of pyridine rings is 1. The predicted molar refractivity (Wildman–Crippen MR) is 160 cm³/mol. The molecule has 9 rings (SSSR count). The zero-order valence-corrected chi connectivity index (χ0v) is 23.8. The van der Waals surface area contributed by atoms with Crippen LogP contribution in [0, 0.1) is 0 Å². The molecule has 1 unspecified atom stereocenters. The van der Waals surface area contributed by atoms with Gasteiger partial charge in [-0.25, -0.2) is 0 Å². The van der Waals surface area contributed by atoms with Gasteiger partial charge in [-0.1, -0.05) is 24.3 Å². The maximum Gasteiger partial charge on any atom is 0.212 e. The number of ether oxygens (including phenoxy) is 5. The molecule has 7 nitrogen and oxygen atoms in total. The first-order valence-electron chi connectivity index (χ1n) is 14.2. The summed E-state index contributed by atoms with van der Waals surface area (Å²) in [6.45, 7) is 0.929. The van der Waals surface area contributed by atoms with Crippen molar-refractivity contribution in [1.29, 1.82) is 0 Å². The first-order valence-corrected chi connectivity index (χ1v) is 14.2. The van der Waals surface area contributed by atoms with E-state index in [1.54, 1.807) is 14.2 Å². The Balaban J connectivity index is 1.38. The lowest BCUT2D eigenvalue weighted by atomic mass is 9.88. The van der Waals surface area contributed by atoms with E-state index in [4.69, 9.17) is 28.7 Å². The Morgan fingerprint density at radius 3 is 2.45 bits per heavy atom. The molecule has 0 amide bonds. The molecule has 1 aromatic heterocycles. The summed E-state index contributed by atoms with van der Waals surface area (Å²) < 4.78 is 31.5. The molecular formula is C35H30N2O5. The third-order valence-electron chi connectivity index (χ3n) is 8.69. The van der Waals surface area contributed by atoms with Crippen LogP contribution in [0.4, 0.5) is 0 Å². The first-order chi connectivity index (χ1) is 20.6. The molecule has 4 aliphatic heterocycles. The minimum Gasteiger partial charge on any atom is -0.493 e. The molecule has 5 bridgehead atoms. The first kappa shape index (κ1) is 25.0. The number of aromatic nitrogens is 1. The molecule has 0 saturated heterocycles. The van der Waals surface area contributed by atoms with Gasteiger partial charge in [0.15, 0.2) is 34.5 Å². The molecule has 0 saturated carbocycles. The van der Waals surface area contributed by atoms with E-state index in [1.807, 2.05) is 42.6 Å². The van der Waals surface area contributed by atoms with Crippen molar-refractivity contribution in [3.05, 3.63) is 101 Å². The molecule has 5 heterocycles. The van der Waals surface area contributed by atoms with E-state index in [0.29, 0.717) is 40.9 Å². The highest BCUT2D eigenvalue weighted by Crippen LogP contribution is 2.55. The highest BCUT2D eigenvalue weighted by molar-refractivity contribution is 5.96. The lowest BCUT2D eigenvalue weighted by Gasteiger charge is -2.36. The Morgan fingerprint density at radius 1 is 0.810 bits per heavy atom. The summed E-state index contributed by atoms with van der Waals surface area (Å²) in [5.41, 5.74) is 5.56. The summed E-state index contributed by atoms with van der Waals surface area (Å²) in [5, 5.41) is 1.91. The van der Waals surface area contributed by atoms with Crippen LogP contribution in [-0.4, -0.2) is 37.7 Å².